The molecule has 0 saturated heterocycles. The van der Waals surface area contributed by atoms with Crippen LogP contribution in [-0.2, 0) is 15.3 Å². The summed E-state index contributed by atoms with van der Waals surface area (Å²) < 4.78 is 165. The van der Waals surface area contributed by atoms with Gasteiger partial charge in [-0.05, 0) is 65.2 Å². The number of rotatable bonds is 7. The van der Waals surface area contributed by atoms with Crippen molar-refractivity contribution in [3.05, 3.63) is 81.6 Å². The maximum Gasteiger partial charge on any atom is 0.573 e. The monoisotopic (exact) mass is 767 g/mol. The van der Waals surface area contributed by atoms with Gasteiger partial charge in [0.1, 0.15) is 5.69 Å². The highest BCUT2D eigenvalue weighted by molar-refractivity contribution is 9.10. The normalized spacial score (nSPS) is 13.9. The number of hydroxylamine groups is 1. The van der Waals surface area contributed by atoms with Gasteiger partial charge in [0.2, 0.25) is 5.95 Å². The molecule has 2 aromatic carbocycles. The lowest BCUT2D eigenvalue weighted by molar-refractivity contribution is -0.348. The van der Waals surface area contributed by atoms with Crippen LogP contribution < -0.4 is 15.1 Å². The van der Waals surface area contributed by atoms with Crippen LogP contribution in [0.3, 0.4) is 0 Å². The highest BCUT2D eigenvalue weighted by atomic mass is 79.9. The highest BCUT2D eigenvalue weighted by Gasteiger charge is 2.73. The summed E-state index contributed by atoms with van der Waals surface area (Å²) >= 11 is 2.39. The molecule has 1 fully saturated rings. The molecule has 258 valence electrons. The zero-order chi connectivity index (χ0) is 36.0. The number of hydrogen-bond donors (Lipinski definition) is 1. The average Bonchev–Trinajstić information content (AvgIpc) is 3.81. The van der Waals surface area contributed by atoms with Crippen molar-refractivity contribution in [2.45, 2.75) is 37.2 Å². The van der Waals surface area contributed by atoms with E-state index < -0.39 is 104 Å². The minimum Gasteiger partial charge on any atom is -0.404 e. The zero-order valence-electron chi connectivity index (χ0n) is 23.0. The molecule has 4 rings (SSSR count). The summed E-state index contributed by atoms with van der Waals surface area (Å²) in [5.41, 5.74) is -12.5. The van der Waals surface area contributed by atoms with E-state index in [2.05, 4.69) is 25.7 Å². The van der Waals surface area contributed by atoms with Gasteiger partial charge in [0.05, 0.1) is 22.7 Å². The van der Waals surface area contributed by atoms with Crippen molar-refractivity contribution < 1.29 is 76.6 Å². The second kappa shape index (κ2) is 12.8. The second-order valence-electron chi connectivity index (χ2n) is 9.78. The van der Waals surface area contributed by atoms with E-state index in [4.69, 9.17) is 4.84 Å². The highest BCUT2D eigenvalue weighted by Crippen LogP contribution is 2.55. The number of halogens is 13. The van der Waals surface area contributed by atoms with E-state index in [-0.39, 0.29) is 11.1 Å². The van der Waals surface area contributed by atoms with Crippen LogP contribution in [0.15, 0.2) is 53.1 Å². The number of nitrogens with zero attached hydrogens (tertiary/aromatic N) is 2. The van der Waals surface area contributed by atoms with Crippen LogP contribution in [0.1, 0.15) is 39.1 Å². The van der Waals surface area contributed by atoms with Crippen molar-refractivity contribution in [3.8, 4) is 5.75 Å². The van der Waals surface area contributed by atoms with Gasteiger partial charge in [-0.15, -0.1) is 18.2 Å². The fourth-order valence-electron chi connectivity index (χ4n) is 3.93. The molecule has 21 heteroatoms. The predicted molar refractivity (Wildman–Crippen MR) is 140 cm³/mol. The van der Waals surface area contributed by atoms with Crippen molar-refractivity contribution in [3.63, 3.8) is 0 Å². The number of alkyl halides is 10. The summed E-state index contributed by atoms with van der Waals surface area (Å²) in [6.07, 6.45) is -17.9. The number of ether oxygens (including phenoxy) is 1. The Hall–Kier alpha value is -4.56. The summed E-state index contributed by atoms with van der Waals surface area (Å²) in [5, 5.41) is 1.70. The maximum atomic E-state index is 15.8. The molecule has 3 aromatic rings. The number of amides is 2. The van der Waals surface area contributed by atoms with Crippen LogP contribution in [0.5, 0.6) is 5.75 Å². The zero-order valence-corrected chi connectivity index (χ0v) is 24.5. The number of aromatic nitrogens is 1. The molecule has 1 N–H and O–H groups in total. The van der Waals surface area contributed by atoms with E-state index in [0.717, 1.165) is 24.3 Å². The Morgan fingerprint density at radius 3 is 2.04 bits per heavy atom. The summed E-state index contributed by atoms with van der Waals surface area (Å²) in [7, 11) is 0. The Labute approximate surface area is 267 Å². The molecule has 1 aromatic heterocycles. The third-order valence-electron chi connectivity index (χ3n) is 6.39. The van der Waals surface area contributed by atoms with Gasteiger partial charge in [0.25, 0.3) is 11.8 Å². The molecule has 0 unspecified atom stereocenters. The number of carbonyl (C=O) groups is 3. The largest absolute Gasteiger partial charge is 0.573 e. The smallest absolute Gasteiger partial charge is 0.404 e. The number of carbonyl (C=O) groups excluding carboxylic acids is 3. The SMILES string of the molecule is O=C(Nc1c(Br)cc(C(F)(C(F)(F)F)C(F)(F)F)cc1OC(F)(F)F)c1cccc(N(OC(=O)C2CC2)C(=O)c2ccc(F)nc2)c1F. The number of hydrogen-bond acceptors (Lipinski definition) is 6. The fraction of sp³-hybridized carbons (Fsp3) is 0.259. The Bertz CT molecular complexity index is 1730. The first-order chi connectivity index (χ1) is 22.0. The van der Waals surface area contributed by atoms with Crippen molar-refractivity contribution >= 4 is 45.1 Å². The Morgan fingerprint density at radius 1 is 0.896 bits per heavy atom. The van der Waals surface area contributed by atoms with Gasteiger partial charge in [0.15, 0.2) is 11.6 Å². The summed E-state index contributed by atoms with van der Waals surface area (Å²) in [4.78, 5) is 46.9. The first kappa shape index (κ1) is 36.3. The van der Waals surface area contributed by atoms with E-state index in [0.29, 0.717) is 25.1 Å². The maximum absolute atomic E-state index is 15.8. The quantitative estimate of drug-likeness (QED) is 0.148. The van der Waals surface area contributed by atoms with Crippen molar-refractivity contribution in [2.75, 3.05) is 10.4 Å². The topological polar surface area (TPSA) is 97.8 Å². The van der Waals surface area contributed by atoms with Crippen LogP contribution in [0.4, 0.5) is 64.1 Å². The number of pyridine rings is 1. The molecule has 1 aliphatic carbocycles. The van der Waals surface area contributed by atoms with E-state index in [1.165, 1.54) is 0 Å². The molecule has 0 radical (unpaired) electrons. The lowest BCUT2D eigenvalue weighted by Crippen LogP contribution is -2.50. The van der Waals surface area contributed by atoms with Crippen molar-refractivity contribution in [1.29, 1.82) is 0 Å². The number of benzene rings is 2. The first-order valence-corrected chi connectivity index (χ1v) is 13.5. The number of anilines is 2. The van der Waals surface area contributed by atoms with Crippen LogP contribution in [0, 0.1) is 17.7 Å². The first-order valence-electron chi connectivity index (χ1n) is 12.7. The van der Waals surface area contributed by atoms with E-state index in [1.807, 2.05) is 0 Å². The van der Waals surface area contributed by atoms with Crippen LogP contribution >= 0.6 is 15.9 Å². The molecule has 8 nitrogen and oxygen atoms in total. The Morgan fingerprint density at radius 2 is 1.52 bits per heavy atom. The molecule has 0 bridgehead atoms. The minimum absolute atomic E-state index is 0.0830. The molecular formula is C27H14BrF12N3O5. The molecule has 1 saturated carbocycles. The van der Waals surface area contributed by atoms with Gasteiger partial charge in [-0.3, -0.25) is 9.59 Å². The van der Waals surface area contributed by atoms with E-state index in [9.17, 15) is 62.7 Å². The van der Waals surface area contributed by atoms with Crippen molar-refractivity contribution in [1.82, 2.24) is 4.98 Å². The Balaban J connectivity index is 1.78. The van der Waals surface area contributed by atoms with Gasteiger partial charge < -0.3 is 14.9 Å². The van der Waals surface area contributed by atoms with E-state index in [1.54, 1.807) is 5.32 Å². The summed E-state index contributed by atoms with van der Waals surface area (Å²) in [6, 6.07) is 3.12. The third kappa shape index (κ3) is 7.44. The molecule has 48 heavy (non-hydrogen) atoms. The van der Waals surface area contributed by atoms with Crippen molar-refractivity contribution in [2.24, 2.45) is 5.92 Å². The van der Waals surface area contributed by atoms with Crippen LogP contribution in [0.2, 0.25) is 0 Å². The molecule has 2 amide bonds. The molecule has 0 aliphatic heterocycles. The predicted octanol–water partition coefficient (Wildman–Crippen LogP) is 8.08. The minimum atomic E-state index is -6.75. The lowest BCUT2D eigenvalue weighted by atomic mass is 9.93. The third-order valence-corrected chi connectivity index (χ3v) is 7.02. The van der Waals surface area contributed by atoms with Gasteiger partial charge in [-0.2, -0.15) is 30.7 Å². The van der Waals surface area contributed by atoms with Gasteiger partial charge in [-0.1, -0.05) is 6.07 Å². The van der Waals surface area contributed by atoms with Gasteiger partial charge in [0, 0.05) is 16.2 Å². The fourth-order valence-corrected chi connectivity index (χ4v) is 4.47. The molecule has 0 spiro atoms. The molecule has 0 atom stereocenters. The molecular weight excluding hydrogens is 754 g/mol. The summed E-state index contributed by atoms with van der Waals surface area (Å²) in [6.45, 7) is 0. The standard InChI is InChI=1S/C27H14BrF12N3O5/c28-15-8-13(24(31,25(32,33)34)26(35,36)37)9-17(47-27(38,39)40)20(15)42-21(44)14-2-1-3-16(19(14)30)43(48-23(46)11-4-5-11)22(45)12-6-7-18(29)41-10-12/h1-3,6-11H,4-5H2,(H,42,44). The van der Waals surface area contributed by atoms with Gasteiger partial charge in [-0.25, -0.2) is 18.6 Å². The molecule has 1 aliphatic rings. The van der Waals surface area contributed by atoms with E-state index >= 15 is 4.39 Å². The van der Waals surface area contributed by atoms with Crippen LogP contribution in [0.25, 0.3) is 0 Å². The molecule has 1 heterocycles. The second-order valence-corrected chi connectivity index (χ2v) is 10.6. The van der Waals surface area contributed by atoms with Crippen LogP contribution in [-0.4, -0.2) is 41.5 Å². The Kier molecular flexibility index (Phi) is 9.68. The average molecular weight is 768 g/mol. The lowest BCUT2D eigenvalue weighted by Gasteiger charge is -2.31. The van der Waals surface area contributed by atoms with Gasteiger partial charge >= 0.3 is 30.4 Å². The number of nitrogens with one attached hydrogen (secondary N) is 1. The summed E-state index contributed by atoms with van der Waals surface area (Å²) in [5.74, 6) is -9.46.